The molecule has 0 amide bonds. The number of ether oxygens (including phenoxy) is 1. The molecule has 1 aliphatic carbocycles. The minimum atomic E-state index is -2.87. The third-order valence-electron chi connectivity index (χ3n) is 5.50. The van der Waals surface area contributed by atoms with E-state index in [9.17, 15) is 18.7 Å². The van der Waals surface area contributed by atoms with Crippen LogP contribution in [0, 0.1) is 11.8 Å². The first-order chi connectivity index (χ1) is 12.3. The largest absolute Gasteiger partial charge is 0.463 e. The van der Waals surface area contributed by atoms with Crippen LogP contribution in [0.15, 0.2) is 24.3 Å². The van der Waals surface area contributed by atoms with Crippen molar-refractivity contribution in [1.82, 2.24) is 5.32 Å². The van der Waals surface area contributed by atoms with Crippen LogP contribution in [0.4, 0.5) is 8.78 Å². The summed E-state index contributed by atoms with van der Waals surface area (Å²) in [6, 6.07) is 6.08. The summed E-state index contributed by atoms with van der Waals surface area (Å²) in [6.45, 7) is 1.91. The zero-order chi connectivity index (χ0) is 18.8. The summed E-state index contributed by atoms with van der Waals surface area (Å²) in [6.07, 6.45) is 0.959. The summed E-state index contributed by atoms with van der Waals surface area (Å²) in [5.74, 6) is -4.39. The van der Waals surface area contributed by atoms with Crippen LogP contribution < -0.4 is 5.32 Å². The number of hydrogen-bond acceptors (Lipinski definition) is 4. The smallest absolute Gasteiger partial charge is 0.343 e. The number of alkyl halides is 2. The van der Waals surface area contributed by atoms with Gasteiger partial charge in [0.25, 0.3) is 0 Å². The van der Waals surface area contributed by atoms with Gasteiger partial charge in [0.05, 0.1) is 6.61 Å². The number of hydrogen-bond donors (Lipinski definition) is 2. The molecule has 0 radical (unpaired) electrons. The van der Waals surface area contributed by atoms with E-state index >= 15 is 0 Å². The van der Waals surface area contributed by atoms with Gasteiger partial charge < -0.3 is 15.2 Å². The number of piperidine rings is 1. The molecule has 1 heterocycles. The maximum Gasteiger partial charge on any atom is 0.343 e. The SMILES string of the molecule is O=C(OCC1CCNCC1)[C@](O)(c1ccc(Cl)cc1)[C@@H]1CCC(F)(F)C1. The lowest BCUT2D eigenvalue weighted by atomic mass is 9.80. The second-order valence-corrected chi connectivity index (χ2v) is 7.80. The lowest BCUT2D eigenvalue weighted by Gasteiger charge is -2.33. The molecule has 0 bridgehead atoms. The lowest BCUT2D eigenvalue weighted by Crippen LogP contribution is -2.44. The van der Waals surface area contributed by atoms with Crippen molar-refractivity contribution >= 4 is 17.6 Å². The van der Waals surface area contributed by atoms with E-state index in [-0.39, 0.29) is 30.9 Å². The summed E-state index contributed by atoms with van der Waals surface area (Å²) >= 11 is 5.89. The first kappa shape index (κ1) is 19.5. The molecule has 2 atom stereocenters. The minimum absolute atomic E-state index is 0.0641. The molecule has 1 saturated carbocycles. The molecule has 0 spiro atoms. The Morgan fingerprint density at radius 2 is 1.92 bits per heavy atom. The van der Waals surface area contributed by atoms with E-state index in [0.717, 1.165) is 25.9 Å². The highest BCUT2D eigenvalue weighted by Crippen LogP contribution is 2.48. The van der Waals surface area contributed by atoms with Crippen molar-refractivity contribution in [1.29, 1.82) is 0 Å². The Morgan fingerprint density at radius 3 is 2.50 bits per heavy atom. The van der Waals surface area contributed by atoms with Crippen LogP contribution in [0.1, 0.15) is 37.7 Å². The van der Waals surface area contributed by atoms with Crippen LogP contribution in [-0.2, 0) is 15.1 Å². The Morgan fingerprint density at radius 1 is 1.27 bits per heavy atom. The number of carbonyl (C=O) groups is 1. The molecule has 2 N–H and O–H groups in total. The number of carbonyl (C=O) groups excluding carboxylic acids is 1. The summed E-state index contributed by atoms with van der Waals surface area (Å²) in [7, 11) is 0. The standard InChI is InChI=1S/C19H24ClF2NO3/c20-16-3-1-14(2-4-16)19(25,15-5-8-18(21,22)11-15)17(24)26-12-13-6-9-23-10-7-13/h1-4,13,15,23,25H,5-12H2/t15-,19+/m1/s1. The summed E-state index contributed by atoms with van der Waals surface area (Å²) in [4.78, 5) is 12.8. The first-order valence-electron chi connectivity index (χ1n) is 9.05. The van der Waals surface area contributed by atoms with Gasteiger partial charge in [0.2, 0.25) is 5.92 Å². The highest BCUT2D eigenvalue weighted by molar-refractivity contribution is 6.30. The number of halogens is 3. The van der Waals surface area contributed by atoms with Crippen molar-refractivity contribution in [2.45, 2.75) is 43.6 Å². The Labute approximate surface area is 156 Å². The Kier molecular flexibility index (Phi) is 5.85. The number of aliphatic hydroxyl groups is 1. The average molecular weight is 388 g/mol. The van der Waals surface area contributed by atoms with Crippen LogP contribution in [0.5, 0.6) is 0 Å². The van der Waals surface area contributed by atoms with Gasteiger partial charge in [-0.05, 0) is 56.0 Å². The summed E-state index contributed by atoms with van der Waals surface area (Å²) in [5, 5.41) is 14.9. The normalized spacial score (nSPS) is 25.6. The van der Waals surface area contributed by atoms with Crippen LogP contribution in [0.25, 0.3) is 0 Å². The molecule has 4 nitrogen and oxygen atoms in total. The Bertz CT molecular complexity index is 634. The van der Waals surface area contributed by atoms with Crippen molar-refractivity contribution in [3.8, 4) is 0 Å². The van der Waals surface area contributed by atoms with Crippen LogP contribution in [-0.4, -0.2) is 36.7 Å². The van der Waals surface area contributed by atoms with Crippen LogP contribution in [0.2, 0.25) is 5.02 Å². The van der Waals surface area contributed by atoms with Crippen molar-refractivity contribution in [3.05, 3.63) is 34.9 Å². The Hall–Kier alpha value is -1.24. The fraction of sp³-hybridized carbons (Fsp3) is 0.632. The second kappa shape index (κ2) is 7.79. The van der Waals surface area contributed by atoms with Gasteiger partial charge >= 0.3 is 5.97 Å². The lowest BCUT2D eigenvalue weighted by molar-refractivity contribution is -0.176. The van der Waals surface area contributed by atoms with Crippen molar-refractivity contribution in [2.24, 2.45) is 11.8 Å². The van der Waals surface area contributed by atoms with Gasteiger partial charge in [-0.15, -0.1) is 0 Å². The van der Waals surface area contributed by atoms with Gasteiger partial charge in [0, 0.05) is 23.8 Å². The molecule has 144 valence electrons. The van der Waals surface area contributed by atoms with Gasteiger partial charge in [-0.25, -0.2) is 13.6 Å². The second-order valence-electron chi connectivity index (χ2n) is 7.36. The molecule has 0 aromatic heterocycles. The molecule has 7 heteroatoms. The van der Waals surface area contributed by atoms with E-state index < -0.39 is 29.8 Å². The van der Waals surface area contributed by atoms with Crippen molar-refractivity contribution in [3.63, 3.8) is 0 Å². The molecule has 1 aromatic carbocycles. The molecule has 1 aliphatic heterocycles. The monoisotopic (exact) mass is 387 g/mol. The molecular formula is C19H24ClF2NO3. The highest BCUT2D eigenvalue weighted by atomic mass is 35.5. The first-order valence-corrected chi connectivity index (χ1v) is 9.43. The molecule has 1 aromatic rings. The maximum absolute atomic E-state index is 13.8. The zero-order valence-electron chi connectivity index (χ0n) is 14.5. The molecule has 1 saturated heterocycles. The van der Waals surface area contributed by atoms with Crippen LogP contribution >= 0.6 is 11.6 Å². The summed E-state index contributed by atoms with van der Waals surface area (Å²) < 4.78 is 32.9. The molecule has 2 aliphatic rings. The van der Waals surface area contributed by atoms with E-state index in [1.54, 1.807) is 0 Å². The van der Waals surface area contributed by atoms with E-state index in [2.05, 4.69) is 5.32 Å². The predicted molar refractivity (Wildman–Crippen MR) is 94.2 cm³/mol. The van der Waals surface area contributed by atoms with Gasteiger partial charge in [0.15, 0.2) is 5.60 Å². The topological polar surface area (TPSA) is 58.6 Å². The fourth-order valence-electron chi connectivity index (χ4n) is 3.88. The molecule has 2 fully saturated rings. The molecular weight excluding hydrogens is 364 g/mol. The van der Waals surface area contributed by atoms with Gasteiger partial charge in [-0.2, -0.15) is 0 Å². The number of esters is 1. The van der Waals surface area contributed by atoms with E-state index in [4.69, 9.17) is 16.3 Å². The molecule has 0 unspecified atom stereocenters. The third-order valence-corrected chi connectivity index (χ3v) is 5.75. The average Bonchev–Trinajstić information content (AvgIpc) is 3.00. The molecule has 26 heavy (non-hydrogen) atoms. The van der Waals surface area contributed by atoms with Crippen molar-refractivity contribution < 1.29 is 23.4 Å². The zero-order valence-corrected chi connectivity index (χ0v) is 15.3. The van der Waals surface area contributed by atoms with Gasteiger partial charge in [-0.1, -0.05) is 23.7 Å². The molecule has 3 rings (SSSR count). The van der Waals surface area contributed by atoms with E-state index in [1.165, 1.54) is 24.3 Å². The van der Waals surface area contributed by atoms with Gasteiger partial charge in [0.1, 0.15) is 0 Å². The quantitative estimate of drug-likeness (QED) is 0.759. The van der Waals surface area contributed by atoms with E-state index in [1.807, 2.05) is 0 Å². The summed E-state index contributed by atoms with van der Waals surface area (Å²) in [5.41, 5.74) is -1.84. The van der Waals surface area contributed by atoms with Gasteiger partial charge in [-0.3, -0.25) is 0 Å². The predicted octanol–water partition coefficient (Wildman–Crippen LogP) is 3.51. The fourth-order valence-corrected chi connectivity index (χ4v) is 4.01. The maximum atomic E-state index is 13.8. The number of rotatable bonds is 5. The Balaban J connectivity index is 1.80. The van der Waals surface area contributed by atoms with E-state index in [0.29, 0.717) is 5.02 Å². The van der Waals surface area contributed by atoms with Crippen LogP contribution in [0.3, 0.4) is 0 Å². The van der Waals surface area contributed by atoms with Crippen molar-refractivity contribution in [2.75, 3.05) is 19.7 Å². The number of nitrogens with one attached hydrogen (secondary N) is 1. The highest BCUT2D eigenvalue weighted by Gasteiger charge is 2.54. The number of benzene rings is 1. The minimum Gasteiger partial charge on any atom is -0.463 e. The third kappa shape index (κ3) is 4.18.